The second kappa shape index (κ2) is 7.19. The van der Waals surface area contributed by atoms with Gasteiger partial charge in [0.15, 0.2) is 0 Å². The molecular formula is C17H24N2O4. The van der Waals surface area contributed by atoms with Crippen molar-refractivity contribution >= 4 is 5.91 Å². The largest absolute Gasteiger partial charge is 0.497 e. The van der Waals surface area contributed by atoms with Crippen LogP contribution in [-0.4, -0.2) is 68.3 Å². The van der Waals surface area contributed by atoms with Crippen molar-refractivity contribution < 1.29 is 19.0 Å². The predicted molar refractivity (Wildman–Crippen MR) is 85.8 cm³/mol. The fraction of sp³-hybridized carbons (Fsp3) is 0.588. The van der Waals surface area contributed by atoms with Gasteiger partial charge in [-0.15, -0.1) is 0 Å². The molecule has 6 heteroatoms. The van der Waals surface area contributed by atoms with Crippen LogP contribution in [0.5, 0.6) is 11.5 Å². The van der Waals surface area contributed by atoms with Gasteiger partial charge < -0.3 is 19.1 Å². The lowest BCUT2D eigenvalue weighted by atomic mass is 10.1. The SMILES string of the molecule is CCN1CCO[C@H](C(=O)N2CCOc3ccc(OC)cc3C2)C1. The first-order valence-electron chi connectivity index (χ1n) is 8.13. The molecule has 1 amide bonds. The van der Waals surface area contributed by atoms with E-state index in [0.717, 1.165) is 30.2 Å². The third-order valence-electron chi connectivity index (χ3n) is 4.43. The summed E-state index contributed by atoms with van der Waals surface area (Å²) in [5, 5.41) is 0. The van der Waals surface area contributed by atoms with Gasteiger partial charge in [0, 0.05) is 25.2 Å². The van der Waals surface area contributed by atoms with Gasteiger partial charge in [-0.1, -0.05) is 6.92 Å². The fourth-order valence-corrected chi connectivity index (χ4v) is 3.03. The van der Waals surface area contributed by atoms with Crippen molar-refractivity contribution in [2.24, 2.45) is 0 Å². The Morgan fingerprint density at radius 2 is 2.22 bits per heavy atom. The lowest BCUT2D eigenvalue weighted by Gasteiger charge is -2.34. The van der Waals surface area contributed by atoms with Crippen LogP contribution in [0.25, 0.3) is 0 Å². The van der Waals surface area contributed by atoms with E-state index >= 15 is 0 Å². The lowest BCUT2D eigenvalue weighted by Crippen LogP contribution is -2.51. The summed E-state index contributed by atoms with van der Waals surface area (Å²) < 4.78 is 16.7. The number of nitrogens with zero attached hydrogens (tertiary/aromatic N) is 2. The first-order chi connectivity index (χ1) is 11.2. The molecule has 3 rings (SSSR count). The van der Waals surface area contributed by atoms with Crippen LogP contribution in [0.2, 0.25) is 0 Å². The molecule has 1 saturated heterocycles. The first kappa shape index (κ1) is 16.1. The zero-order valence-electron chi connectivity index (χ0n) is 13.8. The molecule has 1 fully saturated rings. The number of benzene rings is 1. The number of carbonyl (C=O) groups is 1. The molecule has 0 aromatic heterocycles. The number of likely N-dealkylation sites (N-methyl/N-ethyl adjacent to an activating group) is 1. The van der Waals surface area contributed by atoms with Gasteiger partial charge in [0.25, 0.3) is 5.91 Å². The first-order valence-corrected chi connectivity index (χ1v) is 8.13. The maximum Gasteiger partial charge on any atom is 0.253 e. The second-order valence-corrected chi connectivity index (χ2v) is 5.83. The normalized spacial score (nSPS) is 22.0. The molecule has 0 bridgehead atoms. The van der Waals surface area contributed by atoms with E-state index in [1.54, 1.807) is 7.11 Å². The van der Waals surface area contributed by atoms with Crippen molar-refractivity contribution in [2.45, 2.75) is 19.6 Å². The molecule has 126 valence electrons. The number of fused-ring (bicyclic) bond motifs is 1. The third-order valence-corrected chi connectivity index (χ3v) is 4.43. The van der Waals surface area contributed by atoms with Gasteiger partial charge in [-0.2, -0.15) is 0 Å². The lowest BCUT2D eigenvalue weighted by molar-refractivity contribution is -0.150. The van der Waals surface area contributed by atoms with Crippen LogP contribution in [0.4, 0.5) is 0 Å². The Kier molecular flexibility index (Phi) is 5.03. The molecule has 23 heavy (non-hydrogen) atoms. The summed E-state index contributed by atoms with van der Waals surface area (Å²) in [6, 6.07) is 5.71. The minimum absolute atomic E-state index is 0.0439. The highest BCUT2D eigenvalue weighted by molar-refractivity contribution is 5.81. The molecule has 0 aliphatic carbocycles. The molecular weight excluding hydrogens is 296 g/mol. The topological polar surface area (TPSA) is 51.2 Å². The minimum atomic E-state index is -0.379. The zero-order chi connectivity index (χ0) is 16.2. The quantitative estimate of drug-likeness (QED) is 0.836. The van der Waals surface area contributed by atoms with E-state index in [0.29, 0.717) is 32.8 Å². The Bertz CT molecular complexity index is 564. The summed E-state index contributed by atoms with van der Waals surface area (Å²) in [5.41, 5.74) is 0.971. The molecule has 2 aliphatic heterocycles. The molecule has 6 nitrogen and oxygen atoms in total. The number of methoxy groups -OCH3 is 1. The highest BCUT2D eigenvalue weighted by Gasteiger charge is 2.31. The van der Waals surface area contributed by atoms with Crippen LogP contribution in [0.15, 0.2) is 18.2 Å². The number of rotatable bonds is 3. The molecule has 2 heterocycles. The van der Waals surface area contributed by atoms with E-state index in [1.807, 2.05) is 23.1 Å². The number of hydrogen-bond donors (Lipinski definition) is 0. The fourth-order valence-electron chi connectivity index (χ4n) is 3.03. The predicted octanol–water partition coefficient (Wildman–Crippen LogP) is 1.14. The number of amides is 1. The number of hydrogen-bond acceptors (Lipinski definition) is 5. The average molecular weight is 320 g/mol. The molecule has 0 unspecified atom stereocenters. The van der Waals surface area contributed by atoms with Crippen LogP contribution in [0.1, 0.15) is 12.5 Å². The highest BCUT2D eigenvalue weighted by atomic mass is 16.5. The molecule has 1 aromatic rings. The molecule has 2 aliphatic rings. The van der Waals surface area contributed by atoms with E-state index < -0.39 is 0 Å². The molecule has 0 radical (unpaired) electrons. The van der Waals surface area contributed by atoms with Crippen molar-refractivity contribution in [1.29, 1.82) is 0 Å². The maximum absolute atomic E-state index is 12.8. The Hall–Kier alpha value is -1.79. The second-order valence-electron chi connectivity index (χ2n) is 5.83. The highest BCUT2D eigenvalue weighted by Crippen LogP contribution is 2.27. The molecule has 1 aromatic carbocycles. The van der Waals surface area contributed by atoms with Gasteiger partial charge in [-0.05, 0) is 24.7 Å². The van der Waals surface area contributed by atoms with Crippen LogP contribution < -0.4 is 9.47 Å². The van der Waals surface area contributed by atoms with E-state index in [1.165, 1.54) is 0 Å². The summed E-state index contributed by atoms with van der Waals surface area (Å²) >= 11 is 0. The van der Waals surface area contributed by atoms with Gasteiger partial charge >= 0.3 is 0 Å². The monoisotopic (exact) mass is 320 g/mol. The van der Waals surface area contributed by atoms with Crippen LogP contribution in [0, 0.1) is 0 Å². The zero-order valence-corrected chi connectivity index (χ0v) is 13.8. The Morgan fingerprint density at radius 1 is 1.35 bits per heavy atom. The standard InChI is InChI=1S/C17H24N2O4/c1-3-18-6-8-23-16(12-18)17(20)19-7-9-22-15-5-4-14(21-2)10-13(15)11-19/h4-5,10,16H,3,6-9,11-12H2,1-2H3/t16-/m0/s1. The minimum Gasteiger partial charge on any atom is -0.497 e. The molecule has 0 N–H and O–H groups in total. The Labute approximate surface area is 136 Å². The number of ether oxygens (including phenoxy) is 3. The van der Waals surface area contributed by atoms with Gasteiger partial charge in [0.05, 0.1) is 20.3 Å². The maximum atomic E-state index is 12.8. The van der Waals surface area contributed by atoms with Crippen molar-refractivity contribution in [2.75, 3.05) is 46.5 Å². The van der Waals surface area contributed by atoms with Crippen molar-refractivity contribution in [1.82, 2.24) is 9.80 Å². The third kappa shape index (κ3) is 3.59. The van der Waals surface area contributed by atoms with E-state index in [9.17, 15) is 4.79 Å². The Balaban J connectivity index is 1.73. The summed E-state index contributed by atoms with van der Waals surface area (Å²) in [6.07, 6.45) is -0.379. The summed E-state index contributed by atoms with van der Waals surface area (Å²) in [4.78, 5) is 16.9. The van der Waals surface area contributed by atoms with Gasteiger partial charge in [0.1, 0.15) is 24.2 Å². The van der Waals surface area contributed by atoms with E-state index in [4.69, 9.17) is 14.2 Å². The average Bonchev–Trinajstić information content (AvgIpc) is 2.82. The van der Waals surface area contributed by atoms with Crippen molar-refractivity contribution in [3.8, 4) is 11.5 Å². The summed E-state index contributed by atoms with van der Waals surface area (Å²) in [7, 11) is 1.64. The van der Waals surface area contributed by atoms with Crippen LogP contribution in [-0.2, 0) is 16.1 Å². The number of carbonyl (C=O) groups excluding carboxylic acids is 1. The molecule has 1 atom stereocenters. The Morgan fingerprint density at radius 3 is 3.00 bits per heavy atom. The van der Waals surface area contributed by atoms with Crippen LogP contribution in [0.3, 0.4) is 0 Å². The summed E-state index contributed by atoms with van der Waals surface area (Å²) in [5.74, 6) is 1.64. The number of morpholine rings is 1. The molecule has 0 spiro atoms. The van der Waals surface area contributed by atoms with Gasteiger partial charge in [-0.25, -0.2) is 0 Å². The van der Waals surface area contributed by atoms with Crippen molar-refractivity contribution in [3.05, 3.63) is 23.8 Å². The smallest absolute Gasteiger partial charge is 0.253 e. The molecule has 0 saturated carbocycles. The van der Waals surface area contributed by atoms with E-state index in [-0.39, 0.29) is 12.0 Å². The van der Waals surface area contributed by atoms with Gasteiger partial charge in [0.2, 0.25) is 0 Å². The summed E-state index contributed by atoms with van der Waals surface area (Å²) in [6.45, 7) is 6.81. The van der Waals surface area contributed by atoms with Crippen molar-refractivity contribution in [3.63, 3.8) is 0 Å². The van der Waals surface area contributed by atoms with E-state index in [2.05, 4.69) is 11.8 Å². The van der Waals surface area contributed by atoms with Crippen LogP contribution >= 0.6 is 0 Å². The van der Waals surface area contributed by atoms with Gasteiger partial charge in [-0.3, -0.25) is 9.69 Å².